The van der Waals surface area contributed by atoms with Gasteiger partial charge in [0.1, 0.15) is 9.88 Å². The molecule has 23 heavy (non-hydrogen) atoms. The Morgan fingerprint density at radius 1 is 1.39 bits per heavy atom. The number of benzene rings is 1. The zero-order valence-corrected chi connectivity index (χ0v) is 13.4. The molecule has 7 nitrogen and oxygen atoms in total. The van der Waals surface area contributed by atoms with Crippen LogP contribution in [-0.2, 0) is 17.8 Å². The van der Waals surface area contributed by atoms with Gasteiger partial charge in [-0.3, -0.25) is 4.79 Å². The van der Waals surface area contributed by atoms with Crippen molar-refractivity contribution in [1.29, 1.82) is 0 Å². The Labute approximate surface area is 136 Å². The molecule has 0 aliphatic carbocycles. The predicted octanol–water partition coefficient (Wildman–Crippen LogP) is 1.72. The summed E-state index contributed by atoms with van der Waals surface area (Å²) in [6, 6.07) is 5.00. The number of nitrogens with one attached hydrogen (secondary N) is 1. The van der Waals surface area contributed by atoms with Gasteiger partial charge in [0.05, 0.1) is 19.2 Å². The van der Waals surface area contributed by atoms with Crippen molar-refractivity contribution in [3.05, 3.63) is 39.3 Å². The maximum absolute atomic E-state index is 11.9. The van der Waals surface area contributed by atoms with Crippen molar-refractivity contribution < 1.29 is 24.5 Å². The molecule has 0 unspecified atom stereocenters. The SMILES string of the molecule is COc1cccc(CNC(=O)Cc2nc(C)c(C(=O)O)s2)c1O. The molecule has 1 aromatic carbocycles. The van der Waals surface area contributed by atoms with Gasteiger partial charge in [-0.05, 0) is 13.0 Å². The Hall–Kier alpha value is -2.61. The number of methoxy groups -OCH3 is 1. The lowest BCUT2D eigenvalue weighted by atomic mass is 10.2. The Bertz CT molecular complexity index is 741. The monoisotopic (exact) mass is 336 g/mol. The summed E-state index contributed by atoms with van der Waals surface area (Å²) in [5, 5.41) is 22.0. The first-order valence-electron chi connectivity index (χ1n) is 6.73. The number of carboxylic acids is 1. The molecule has 1 aromatic heterocycles. The number of aromatic carboxylic acids is 1. The van der Waals surface area contributed by atoms with Crippen LogP contribution in [0, 0.1) is 6.92 Å². The highest BCUT2D eigenvalue weighted by molar-refractivity contribution is 7.13. The van der Waals surface area contributed by atoms with Crippen LogP contribution in [0.25, 0.3) is 0 Å². The van der Waals surface area contributed by atoms with Gasteiger partial charge in [-0.25, -0.2) is 9.78 Å². The highest BCUT2D eigenvalue weighted by Crippen LogP contribution is 2.29. The van der Waals surface area contributed by atoms with Crippen LogP contribution in [0.3, 0.4) is 0 Å². The largest absolute Gasteiger partial charge is 0.504 e. The fourth-order valence-electron chi connectivity index (χ4n) is 2.00. The molecule has 3 N–H and O–H groups in total. The van der Waals surface area contributed by atoms with E-state index < -0.39 is 5.97 Å². The molecule has 0 radical (unpaired) electrons. The molecule has 0 saturated heterocycles. The van der Waals surface area contributed by atoms with E-state index in [4.69, 9.17) is 9.84 Å². The molecule has 1 heterocycles. The molecule has 8 heteroatoms. The minimum absolute atomic E-state index is 0.0104. The Morgan fingerprint density at radius 3 is 2.74 bits per heavy atom. The van der Waals surface area contributed by atoms with Crippen molar-refractivity contribution in [2.24, 2.45) is 0 Å². The average molecular weight is 336 g/mol. The number of aromatic nitrogens is 1. The quantitative estimate of drug-likeness (QED) is 0.741. The van der Waals surface area contributed by atoms with Gasteiger partial charge >= 0.3 is 5.97 Å². The zero-order valence-electron chi connectivity index (χ0n) is 12.6. The number of phenols is 1. The molecule has 2 aromatic rings. The number of thiazole rings is 1. The summed E-state index contributed by atoms with van der Waals surface area (Å²) in [5.41, 5.74) is 0.926. The fraction of sp³-hybridized carbons (Fsp3) is 0.267. The van der Waals surface area contributed by atoms with Crippen LogP contribution < -0.4 is 10.1 Å². The number of rotatable bonds is 6. The number of carbonyl (C=O) groups excluding carboxylic acids is 1. The number of carboxylic acid groups (broad SMARTS) is 1. The van der Waals surface area contributed by atoms with Gasteiger partial charge < -0.3 is 20.3 Å². The molecular formula is C15H16N2O5S. The lowest BCUT2D eigenvalue weighted by Gasteiger charge is -2.09. The summed E-state index contributed by atoms with van der Waals surface area (Å²) < 4.78 is 5.00. The Balaban J connectivity index is 1.98. The summed E-state index contributed by atoms with van der Waals surface area (Å²) in [4.78, 5) is 27.1. The third-order valence-corrected chi connectivity index (χ3v) is 4.27. The first-order valence-corrected chi connectivity index (χ1v) is 7.55. The Morgan fingerprint density at radius 2 is 2.13 bits per heavy atom. The van der Waals surface area contributed by atoms with Gasteiger partial charge in [0, 0.05) is 12.1 Å². The summed E-state index contributed by atoms with van der Waals surface area (Å²) in [7, 11) is 1.45. The predicted molar refractivity (Wildman–Crippen MR) is 84.0 cm³/mol. The normalized spacial score (nSPS) is 10.3. The van der Waals surface area contributed by atoms with Gasteiger partial charge in [-0.15, -0.1) is 11.3 Å². The van der Waals surface area contributed by atoms with E-state index in [9.17, 15) is 14.7 Å². The van der Waals surface area contributed by atoms with E-state index in [-0.39, 0.29) is 29.5 Å². The minimum Gasteiger partial charge on any atom is -0.504 e. The summed E-state index contributed by atoms with van der Waals surface area (Å²) in [6.07, 6.45) is -0.0104. The molecule has 122 valence electrons. The molecule has 2 rings (SSSR count). The molecule has 0 saturated carbocycles. The number of hydrogen-bond acceptors (Lipinski definition) is 6. The maximum Gasteiger partial charge on any atom is 0.347 e. The smallest absolute Gasteiger partial charge is 0.347 e. The van der Waals surface area contributed by atoms with Gasteiger partial charge in [0.25, 0.3) is 0 Å². The topological polar surface area (TPSA) is 109 Å². The molecule has 0 spiro atoms. The number of phenolic OH excluding ortho intramolecular Hbond substituents is 1. The number of amides is 1. The highest BCUT2D eigenvalue weighted by atomic mass is 32.1. The third-order valence-electron chi connectivity index (χ3n) is 3.13. The van der Waals surface area contributed by atoms with E-state index in [1.54, 1.807) is 25.1 Å². The van der Waals surface area contributed by atoms with Gasteiger partial charge in [-0.2, -0.15) is 0 Å². The second-order valence-corrected chi connectivity index (χ2v) is 5.83. The van der Waals surface area contributed by atoms with Gasteiger partial charge in [-0.1, -0.05) is 12.1 Å². The second kappa shape index (κ2) is 7.10. The van der Waals surface area contributed by atoms with Crippen LogP contribution in [0.5, 0.6) is 11.5 Å². The molecule has 0 atom stereocenters. The van der Waals surface area contributed by atoms with Crippen molar-refractivity contribution in [3.63, 3.8) is 0 Å². The summed E-state index contributed by atoms with van der Waals surface area (Å²) in [5.74, 6) is -1.04. The van der Waals surface area contributed by atoms with Gasteiger partial charge in [0.2, 0.25) is 5.91 Å². The molecule has 0 fully saturated rings. The molecule has 0 aliphatic rings. The van der Waals surface area contributed by atoms with Gasteiger partial charge in [0.15, 0.2) is 11.5 Å². The first kappa shape index (κ1) is 16.8. The second-order valence-electron chi connectivity index (χ2n) is 4.75. The van der Waals surface area contributed by atoms with Crippen LogP contribution in [0.4, 0.5) is 0 Å². The lowest BCUT2D eigenvalue weighted by Crippen LogP contribution is -2.24. The van der Waals surface area contributed by atoms with E-state index in [2.05, 4.69) is 10.3 Å². The van der Waals surface area contributed by atoms with E-state index in [1.807, 2.05) is 0 Å². The Kier molecular flexibility index (Phi) is 5.17. The maximum atomic E-state index is 11.9. The van der Waals surface area contributed by atoms with E-state index in [0.29, 0.717) is 22.0 Å². The standard InChI is InChI=1S/C15H16N2O5S/c1-8-14(15(20)21)23-12(17-8)6-11(18)16-7-9-4-3-5-10(22-2)13(9)19/h3-5,19H,6-7H2,1-2H3,(H,16,18)(H,20,21). The number of para-hydroxylation sites is 1. The van der Waals surface area contributed by atoms with Crippen LogP contribution in [0.1, 0.15) is 25.9 Å². The molecular weight excluding hydrogens is 320 g/mol. The summed E-state index contributed by atoms with van der Waals surface area (Å²) >= 11 is 0.986. The highest BCUT2D eigenvalue weighted by Gasteiger charge is 2.16. The number of aromatic hydroxyl groups is 1. The van der Waals surface area contributed by atoms with Crippen molar-refractivity contribution in [1.82, 2.24) is 10.3 Å². The van der Waals surface area contributed by atoms with Crippen LogP contribution in [0.2, 0.25) is 0 Å². The van der Waals surface area contributed by atoms with Crippen molar-refractivity contribution in [2.75, 3.05) is 7.11 Å². The summed E-state index contributed by atoms with van der Waals surface area (Å²) in [6.45, 7) is 1.73. The average Bonchev–Trinajstić information content (AvgIpc) is 2.87. The number of aryl methyl sites for hydroxylation is 1. The van der Waals surface area contributed by atoms with Crippen molar-refractivity contribution in [2.45, 2.75) is 19.9 Å². The number of ether oxygens (including phenoxy) is 1. The molecule has 1 amide bonds. The first-order chi connectivity index (χ1) is 10.9. The van der Waals surface area contributed by atoms with Crippen LogP contribution in [-0.4, -0.2) is 34.2 Å². The van der Waals surface area contributed by atoms with E-state index in [1.165, 1.54) is 7.11 Å². The van der Waals surface area contributed by atoms with E-state index in [0.717, 1.165) is 11.3 Å². The molecule has 0 bridgehead atoms. The minimum atomic E-state index is -1.05. The van der Waals surface area contributed by atoms with Crippen molar-refractivity contribution >= 4 is 23.2 Å². The van der Waals surface area contributed by atoms with Crippen molar-refractivity contribution in [3.8, 4) is 11.5 Å². The number of nitrogens with zero attached hydrogens (tertiary/aromatic N) is 1. The third kappa shape index (κ3) is 3.98. The fourth-order valence-corrected chi connectivity index (χ4v) is 2.90. The van der Waals surface area contributed by atoms with E-state index >= 15 is 0 Å². The zero-order chi connectivity index (χ0) is 17.0. The van der Waals surface area contributed by atoms with Crippen LogP contribution >= 0.6 is 11.3 Å². The lowest BCUT2D eigenvalue weighted by molar-refractivity contribution is -0.120. The molecule has 0 aliphatic heterocycles. The number of hydrogen-bond donors (Lipinski definition) is 3. The van der Waals surface area contributed by atoms with Crippen LogP contribution in [0.15, 0.2) is 18.2 Å². The number of carbonyl (C=O) groups is 2.